The third kappa shape index (κ3) is 5.89. The second-order valence-electron chi connectivity index (χ2n) is 8.29. The number of aliphatic hydroxyl groups is 1. The first-order valence-electron chi connectivity index (χ1n) is 11.0. The molecule has 1 heterocycles. The molecule has 1 N–H and O–H groups in total. The monoisotopic (exact) mass is 442 g/mol. The molecule has 0 amide bonds. The largest absolute Gasteiger partial charge is 0.459 e. The first-order chi connectivity index (χ1) is 15.1. The van der Waals surface area contributed by atoms with Crippen LogP contribution in [0.3, 0.4) is 0 Å². The zero-order valence-corrected chi connectivity index (χ0v) is 18.6. The van der Waals surface area contributed by atoms with Gasteiger partial charge in [-0.2, -0.15) is 0 Å². The van der Waals surface area contributed by atoms with E-state index in [1.165, 1.54) is 12.0 Å². The van der Waals surface area contributed by atoms with E-state index in [2.05, 4.69) is 12.1 Å². The smallest absolute Gasteiger partial charge is 0.338 e. The summed E-state index contributed by atoms with van der Waals surface area (Å²) in [6, 6.07) is 17.1. The molecule has 2 aliphatic rings. The van der Waals surface area contributed by atoms with Crippen molar-refractivity contribution in [3.8, 4) is 0 Å². The molecule has 4 rings (SSSR count). The van der Waals surface area contributed by atoms with E-state index >= 15 is 0 Å². The van der Waals surface area contributed by atoms with Crippen LogP contribution in [0.25, 0.3) is 0 Å². The lowest BCUT2D eigenvalue weighted by Gasteiger charge is -2.28. The lowest BCUT2D eigenvalue weighted by molar-refractivity contribution is -0.172. The quantitative estimate of drug-likeness (QED) is 0.625. The molecule has 1 saturated carbocycles. The maximum Gasteiger partial charge on any atom is 0.338 e. The maximum atomic E-state index is 12.3. The third-order valence-electron chi connectivity index (χ3n) is 5.85. The molecule has 6 heteroatoms. The number of aryl methyl sites for hydroxylation is 1. The molecule has 0 spiro atoms. The van der Waals surface area contributed by atoms with Gasteiger partial charge >= 0.3 is 5.97 Å². The molecule has 1 aliphatic heterocycles. The van der Waals surface area contributed by atoms with Gasteiger partial charge in [-0.3, -0.25) is 0 Å². The van der Waals surface area contributed by atoms with E-state index in [4.69, 9.17) is 14.2 Å². The van der Waals surface area contributed by atoms with Gasteiger partial charge in [-0.25, -0.2) is 4.79 Å². The molecular weight excluding hydrogens is 412 g/mol. The van der Waals surface area contributed by atoms with E-state index in [0.717, 1.165) is 30.6 Å². The minimum absolute atomic E-state index is 0.00954. The van der Waals surface area contributed by atoms with Gasteiger partial charge in [0, 0.05) is 4.90 Å². The average molecular weight is 443 g/mol. The molecule has 4 atom stereocenters. The minimum Gasteiger partial charge on any atom is -0.459 e. The number of hydrogen-bond donors (Lipinski definition) is 1. The molecule has 1 aliphatic carbocycles. The summed E-state index contributed by atoms with van der Waals surface area (Å²) in [7, 11) is 0. The van der Waals surface area contributed by atoms with E-state index < -0.39 is 24.5 Å². The maximum absolute atomic E-state index is 12.3. The van der Waals surface area contributed by atoms with E-state index in [-0.39, 0.29) is 18.0 Å². The van der Waals surface area contributed by atoms with Gasteiger partial charge in [-0.1, -0.05) is 55.2 Å². The predicted molar refractivity (Wildman–Crippen MR) is 120 cm³/mol. The van der Waals surface area contributed by atoms with Crippen LogP contribution in [0.15, 0.2) is 59.5 Å². The normalized spacial score (nSPS) is 26.6. The Bertz CT molecular complexity index is 835. The number of carbonyl (C=O) groups excluding carboxylic acids is 1. The van der Waals surface area contributed by atoms with Crippen molar-refractivity contribution in [3.63, 3.8) is 0 Å². The first-order valence-corrected chi connectivity index (χ1v) is 11.9. The summed E-state index contributed by atoms with van der Waals surface area (Å²) < 4.78 is 17.9. The Balaban J connectivity index is 1.42. The van der Waals surface area contributed by atoms with E-state index in [1.54, 1.807) is 36.0 Å². The molecule has 0 aromatic heterocycles. The molecule has 166 valence electrons. The molecule has 2 aromatic rings. The highest BCUT2D eigenvalue weighted by Gasteiger charge is 2.46. The van der Waals surface area contributed by atoms with Crippen LogP contribution >= 0.6 is 11.8 Å². The Kier molecular flexibility index (Phi) is 7.67. The highest BCUT2D eigenvalue weighted by atomic mass is 32.2. The molecule has 2 aromatic carbocycles. The Morgan fingerprint density at radius 1 is 1.06 bits per heavy atom. The third-order valence-corrected chi connectivity index (χ3v) is 7.17. The summed E-state index contributed by atoms with van der Waals surface area (Å²) in [4.78, 5) is 13.4. The highest BCUT2D eigenvalue weighted by molar-refractivity contribution is 8.00. The number of benzene rings is 2. The van der Waals surface area contributed by atoms with Crippen LogP contribution in [-0.2, 0) is 14.2 Å². The van der Waals surface area contributed by atoms with Crippen LogP contribution in [0.1, 0.15) is 48.0 Å². The molecule has 0 radical (unpaired) electrons. The van der Waals surface area contributed by atoms with Crippen LogP contribution in [0, 0.1) is 6.92 Å². The van der Waals surface area contributed by atoms with Crippen molar-refractivity contribution in [1.29, 1.82) is 0 Å². The molecular formula is C25H30O5S. The van der Waals surface area contributed by atoms with Gasteiger partial charge in [-0.15, -0.1) is 11.8 Å². The number of rotatable bonds is 7. The van der Waals surface area contributed by atoms with Crippen LogP contribution in [0.5, 0.6) is 0 Å². The number of aliphatic hydroxyl groups excluding tert-OH is 1. The Hall–Kier alpha value is -1.86. The van der Waals surface area contributed by atoms with Gasteiger partial charge in [0.15, 0.2) is 6.29 Å². The molecule has 0 unspecified atom stereocenters. The fourth-order valence-corrected chi connectivity index (χ4v) is 5.22. The molecule has 2 fully saturated rings. The van der Waals surface area contributed by atoms with Crippen LogP contribution in [0.2, 0.25) is 0 Å². The Morgan fingerprint density at radius 2 is 1.77 bits per heavy atom. The number of carbonyl (C=O) groups is 1. The van der Waals surface area contributed by atoms with Crippen LogP contribution in [-0.4, -0.2) is 47.5 Å². The zero-order chi connectivity index (χ0) is 21.6. The first kappa shape index (κ1) is 22.3. The van der Waals surface area contributed by atoms with Gasteiger partial charge < -0.3 is 19.3 Å². The van der Waals surface area contributed by atoms with Crippen molar-refractivity contribution in [2.24, 2.45) is 0 Å². The number of hydrogen-bond acceptors (Lipinski definition) is 6. The number of ether oxygens (including phenoxy) is 3. The van der Waals surface area contributed by atoms with Crippen LogP contribution in [0.4, 0.5) is 0 Å². The summed E-state index contributed by atoms with van der Waals surface area (Å²) in [5.41, 5.74) is 1.67. The highest BCUT2D eigenvalue weighted by Crippen LogP contribution is 2.38. The predicted octanol–water partition coefficient (Wildman–Crippen LogP) is 4.75. The lowest BCUT2D eigenvalue weighted by atomic mass is 9.98. The second kappa shape index (κ2) is 10.6. The Labute approximate surface area is 188 Å². The van der Waals surface area contributed by atoms with Crippen molar-refractivity contribution >= 4 is 17.7 Å². The standard InChI is InChI=1S/C25H30O5S/c1-17-12-14-20(15-13-17)31-23-22(26)21(16-28-24(27)18-8-4-2-5-9-18)30-25(23)29-19-10-6-3-7-11-19/h2,4-5,8-9,12-15,19,21-23,25-26H,3,6-7,10-11,16H2,1H3/t21-,22+,23-,25-/m1/s1. The van der Waals surface area contributed by atoms with Crippen LogP contribution < -0.4 is 0 Å². The van der Waals surface area contributed by atoms with Gasteiger partial charge in [0.2, 0.25) is 0 Å². The fourth-order valence-electron chi connectivity index (χ4n) is 4.06. The van der Waals surface area contributed by atoms with Crippen molar-refractivity contribution in [3.05, 3.63) is 65.7 Å². The SMILES string of the molecule is Cc1ccc(S[C@H]2[C@H](OC3CCCCC3)O[C@H](COC(=O)c3ccccc3)[C@@H]2O)cc1. The van der Waals surface area contributed by atoms with Crippen molar-refractivity contribution in [1.82, 2.24) is 0 Å². The minimum atomic E-state index is -0.802. The van der Waals surface area contributed by atoms with Crippen molar-refractivity contribution in [2.45, 2.75) is 73.8 Å². The second-order valence-corrected chi connectivity index (χ2v) is 9.54. The Morgan fingerprint density at radius 3 is 2.48 bits per heavy atom. The zero-order valence-electron chi connectivity index (χ0n) is 17.8. The van der Waals surface area contributed by atoms with Gasteiger partial charge in [-0.05, 0) is 44.0 Å². The summed E-state index contributed by atoms with van der Waals surface area (Å²) >= 11 is 1.56. The summed E-state index contributed by atoms with van der Waals surface area (Å²) in [6.45, 7) is 2.04. The number of thioether (sulfide) groups is 1. The van der Waals surface area contributed by atoms with E-state index in [0.29, 0.717) is 5.56 Å². The van der Waals surface area contributed by atoms with Gasteiger partial charge in [0.05, 0.1) is 16.9 Å². The summed E-state index contributed by atoms with van der Waals surface area (Å²) in [5, 5.41) is 10.7. The van der Waals surface area contributed by atoms with Gasteiger partial charge in [0.1, 0.15) is 18.8 Å². The van der Waals surface area contributed by atoms with E-state index in [9.17, 15) is 9.90 Å². The summed E-state index contributed by atoms with van der Waals surface area (Å²) in [6.07, 6.45) is 3.79. The van der Waals surface area contributed by atoms with Crippen molar-refractivity contribution in [2.75, 3.05) is 6.61 Å². The topological polar surface area (TPSA) is 65.0 Å². The van der Waals surface area contributed by atoms with Gasteiger partial charge in [0.25, 0.3) is 0 Å². The fraction of sp³-hybridized carbons (Fsp3) is 0.480. The average Bonchev–Trinajstić information content (AvgIpc) is 3.09. The molecule has 0 bridgehead atoms. The molecule has 5 nitrogen and oxygen atoms in total. The number of esters is 1. The molecule has 1 saturated heterocycles. The van der Waals surface area contributed by atoms with E-state index in [1.807, 2.05) is 25.1 Å². The van der Waals surface area contributed by atoms with Crippen molar-refractivity contribution < 1.29 is 24.1 Å². The summed E-state index contributed by atoms with van der Waals surface area (Å²) in [5.74, 6) is -0.421. The lowest BCUT2D eigenvalue weighted by Crippen LogP contribution is -2.35. The molecule has 31 heavy (non-hydrogen) atoms.